The van der Waals surface area contributed by atoms with Gasteiger partial charge in [0.1, 0.15) is 0 Å². The van der Waals surface area contributed by atoms with Gasteiger partial charge >= 0.3 is 0 Å². The molecule has 0 heterocycles. The van der Waals surface area contributed by atoms with Crippen molar-refractivity contribution in [2.24, 2.45) is 0 Å². The third-order valence-electron chi connectivity index (χ3n) is 4.26. The Kier molecular flexibility index (Phi) is 1.93. The molecule has 17 heavy (non-hydrogen) atoms. The average Bonchev–Trinajstić information content (AvgIpc) is 2.73. The zero-order valence-corrected chi connectivity index (χ0v) is 10.00. The lowest BCUT2D eigenvalue weighted by atomic mass is 9.88. The molecule has 0 fully saturated rings. The van der Waals surface area contributed by atoms with Crippen LogP contribution >= 0.6 is 0 Å². The first kappa shape index (κ1) is 9.47. The maximum Gasteiger partial charge on any atom is -0.00134 e. The molecule has 0 aliphatic heterocycles. The molecule has 0 atom stereocenters. The molecule has 2 aliphatic carbocycles. The van der Waals surface area contributed by atoms with Crippen LogP contribution in [0.2, 0.25) is 0 Å². The van der Waals surface area contributed by atoms with Crippen molar-refractivity contribution < 1.29 is 0 Å². The zero-order valence-electron chi connectivity index (χ0n) is 10.00. The molecule has 4 rings (SSSR count). The monoisotopic (exact) mass is 220 g/mol. The summed E-state index contributed by atoms with van der Waals surface area (Å²) in [5, 5.41) is 0. The number of benzene rings is 2. The first-order valence-electron chi connectivity index (χ1n) is 6.65. The predicted octanol–water partition coefficient (Wildman–Crippen LogP) is 4.14. The zero-order chi connectivity index (χ0) is 11.2. The summed E-state index contributed by atoms with van der Waals surface area (Å²) in [4.78, 5) is 0. The molecule has 0 saturated heterocycles. The summed E-state index contributed by atoms with van der Waals surface area (Å²) < 4.78 is 0. The summed E-state index contributed by atoms with van der Waals surface area (Å²) in [7, 11) is 0. The molecule has 0 spiro atoms. The van der Waals surface area contributed by atoms with E-state index >= 15 is 0 Å². The van der Waals surface area contributed by atoms with Crippen LogP contribution in [-0.4, -0.2) is 0 Å². The summed E-state index contributed by atoms with van der Waals surface area (Å²) in [6, 6.07) is 13.8. The highest BCUT2D eigenvalue weighted by Crippen LogP contribution is 2.39. The Balaban J connectivity index is 1.93. The van der Waals surface area contributed by atoms with E-state index in [-0.39, 0.29) is 0 Å². The van der Waals surface area contributed by atoms with Gasteiger partial charge in [-0.05, 0) is 65.5 Å². The molecular weight excluding hydrogens is 204 g/mol. The van der Waals surface area contributed by atoms with E-state index in [0.29, 0.717) is 0 Å². The molecule has 0 heteroatoms. The first-order chi connectivity index (χ1) is 8.42. The lowest BCUT2D eigenvalue weighted by Gasteiger charge is -2.17. The van der Waals surface area contributed by atoms with Gasteiger partial charge in [-0.2, -0.15) is 0 Å². The van der Waals surface area contributed by atoms with Gasteiger partial charge in [0.15, 0.2) is 0 Å². The third-order valence-corrected chi connectivity index (χ3v) is 4.26. The maximum atomic E-state index is 2.48. The van der Waals surface area contributed by atoms with Crippen molar-refractivity contribution in [2.45, 2.75) is 32.1 Å². The smallest absolute Gasteiger partial charge is 0.00134 e. The fraction of sp³-hybridized carbons (Fsp3) is 0.294. The Morgan fingerprint density at radius 3 is 2.29 bits per heavy atom. The van der Waals surface area contributed by atoms with E-state index in [1.54, 1.807) is 16.7 Å². The van der Waals surface area contributed by atoms with Crippen LogP contribution in [0.25, 0.3) is 11.1 Å². The van der Waals surface area contributed by atoms with Crippen LogP contribution in [0.15, 0.2) is 36.4 Å². The minimum atomic E-state index is 1.14. The Morgan fingerprint density at radius 2 is 1.41 bits per heavy atom. The molecule has 0 unspecified atom stereocenters. The summed E-state index contributed by atoms with van der Waals surface area (Å²) in [6.45, 7) is 0. The molecule has 0 aromatic heterocycles. The van der Waals surface area contributed by atoms with Crippen molar-refractivity contribution in [3.63, 3.8) is 0 Å². The molecule has 0 saturated carbocycles. The highest BCUT2D eigenvalue weighted by molar-refractivity contribution is 5.77. The Labute approximate surface area is 102 Å². The van der Waals surface area contributed by atoms with Gasteiger partial charge in [-0.15, -0.1) is 0 Å². The number of hydrogen-bond acceptors (Lipinski definition) is 0. The summed E-state index contributed by atoms with van der Waals surface area (Å²) in [6.07, 6.45) is 6.45. The highest BCUT2D eigenvalue weighted by Gasteiger charge is 2.20. The van der Waals surface area contributed by atoms with E-state index < -0.39 is 0 Å². The van der Waals surface area contributed by atoms with Crippen molar-refractivity contribution in [3.8, 4) is 11.1 Å². The number of rotatable bonds is 0. The van der Waals surface area contributed by atoms with Crippen molar-refractivity contribution in [1.82, 2.24) is 0 Å². The molecule has 2 aromatic carbocycles. The van der Waals surface area contributed by atoms with Gasteiger partial charge in [-0.1, -0.05) is 36.4 Å². The van der Waals surface area contributed by atoms with E-state index in [2.05, 4.69) is 36.4 Å². The lowest BCUT2D eigenvalue weighted by molar-refractivity contribution is 0.685. The van der Waals surface area contributed by atoms with Crippen LogP contribution in [0.5, 0.6) is 0 Å². The third kappa shape index (κ3) is 1.37. The number of fused-ring (bicyclic) bond motifs is 4. The fourth-order valence-corrected chi connectivity index (χ4v) is 3.38. The Hall–Kier alpha value is -1.56. The average molecular weight is 220 g/mol. The van der Waals surface area contributed by atoms with E-state index in [1.165, 1.54) is 42.4 Å². The number of hydrogen-bond donors (Lipinski definition) is 0. The van der Waals surface area contributed by atoms with Crippen LogP contribution in [-0.2, 0) is 19.3 Å². The molecule has 0 radical (unpaired) electrons. The summed E-state index contributed by atoms with van der Waals surface area (Å²) in [5.74, 6) is 0. The van der Waals surface area contributed by atoms with E-state index in [9.17, 15) is 0 Å². The molecule has 0 N–H and O–H groups in total. The van der Waals surface area contributed by atoms with Gasteiger partial charge in [0.05, 0.1) is 0 Å². The van der Waals surface area contributed by atoms with Crippen molar-refractivity contribution in [1.29, 1.82) is 0 Å². The van der Waals surface area contributed by atoms with E-state index in [0.717, 1.165) is 6.42 Å². The summed E-state index contributed by atoms with van der Waals surface area (Å²) >= 11 is 0. The highest BCUT2D eigenvalue weighted by atomic mass is 14.2. The van der Waals surface area contributed by atoms with Crippen LogP contribution < -0.4 is 0 Å². The molecule has 2 aromatic rings. The van der Waals surface area contributed by atoms with Gasteiger partial charge in [0, 0.05) is 0 Å². The van der Waals surface area contributed by atoms with Gasteiger partial charge < -0.3 is 0 Å². The molecule has 0 bridgehead atoms. The van der Waals surface area contributed by atoms with Gasteiger partial charge in [-0.3, -0.25) is 0 Å². The second-order valence-electron chi connectivity index (χ2n) is 5.32. The van der Waals surface area contributed by atoms with Crippen LogP contribution in [0.4, 0.5) is 0 Å². The van der Waals surface area contributed by atoms with E-state index in [1.807, 2.05) is 0 Å². The van der Waals surface area contributed by atoms with Crippen LogP contribution in [0.3, 0.4) is 0 Å². The Morgan fingerprint density at radius 1 is 0.647 bits per heavy atom. The molecule has 2 aliphatic rings. The minimum Gasteiger partial charge on any atom is -0.0619 e. The second kappa shape index (κ2) is 3.46. The topological polar surface area (TPSA) is 0 Å². The quantitative estimate of drug-likeness (QED) is 0.534. The fourth-order valence-electron chi connectivity index (χ4n) is 3.38. The summed E-state index contributed by atoms with van der Waals surface area (Å²) in [5.41, 5.74) is 9.24. The lowest BCUT2D eigenvalue weighted by Crippen LogP contribution is -2.03. The second-order valence-corrected chi connectivity index (χ2v) is 5.32. The van der Waals surface area contributed by atoms with Gasteiger partial charge in [0.25, 0.3) is 0 Å². The maximum absolute atomic E-state index is 2.48. The van der Waals surface area contributed by atoms with Gasteiger partial charge in [-0.25, -0.2) is 0 Å². The van der Waals surface area contributed by atoms with Crippen LogP contribution in [0.1, 0.15) is 35.1 Å². The molecule has 0 nitrogen and oxygen atoms in total. The molecular formula is C17H16. The Bertz CT molecular complexity index is 593. The van der Waals surface area contributed by atoms with Crippen molar-refractivity contribution in [2.75, 3.05) is 0 Å². The largest absolute Gasteiger partial charge is 0.0619 e. The SMILES string of the molecule is c1ccc2c(c1)Cc1cc3c(cc1-2)CCCC3. The molecule has 0 amide bonds. The number of aryl methyl sites for hydroxylation is 2. The van der Waals surface area contributed by atoms with Crippen molar-refractivity contribution >= 4 is 0 Å². The normalized spacial score (nSPS) is 16.2. The standard InChI is InChI=1S/C17H16/c1-2-6-13-11-17-15(9-12(13)5-1)10-14-7-3-4-8-16(14)17/h3-4,7-9,11H,1-2,5-6,10H2. The van der Waals surface area contributed by atoms with Crippen molar-refractivity contribution in [3.05, 3.63) is 58.7 Å². The minimum absolute atomic E-state index is 1.14. The van der Waals surface area contributed by atoms with Crippen LogP contribution in [0, 0.1) is 0 Å². The van der Waals surface area contributed by atoms with Gasteiger partial charge in [0.2, 0.25) is 0 Å². The predicted molar refractivity (Wildman–Crippen MR) is 71.3 cm³/mol. The first-order valence-corrected chi connectivity index (χ1v) is 6.65. The van der Waals surface area contributed by atoms with E-state index in [4.69, 9.17) is 0 Å². The molecule has 84 valence electrons.